The maximum atomic E-state index is 4.35. The van der Waals surface area contributed by atoms with Gasteiger partial charge in [-0.15, -0.1) is 0 Å². The molecule has 0 unspecified atom stereocenters. The molecule has 0 N–H and O–H groups in total. The molecule has 0 rings (SSSR count). The zero-order chi connectivity index (χ0) is 7.44. The van der Waals surface area contributed by atoms with Crippen molar-refractivity contribution in [2.45, 2.75) is 36.0 Å². The highest BCUT2D eigenvalue weighted by Gasteiger charge is 2.15. The molecule has 0 fully saturated rings. The van der Waals surface area contributed by atoms with Gasteiger partial charge in [0.25, 0.3) is 0 Å². The lowest BCUT2D eigenvalue weighted by atomic mass is 10.2. The third-order valence-corrected chi connectivity index (χ3v) is 3.59. The Morgan fingerprint density at radius 3 is 1.78 bits per heavy atom. The van der Waals surface area contributed by atoms with Crippen LogP contribution in [0.25, 0.3) is 0 Å². The molecule has 3 atom stereocenters. The predicted octanol–water partition coefficient (Wildman–Crippen LogP) is 2.31. The summed E-state index contributed by atoms with van der Waals surface area (Å²) < 4.78 is 0. The molecule has 0 saturated heterocycles. The Morgan fingerprint density at radius 2 is 1.67 bits per heavy atom. The van der Waals surface area contributed by atoms with Crippen LogP contribution in [-0.4, -0.2) is 15.7 Å². The normalized spacial score (nSPS) is 21.0. The van der Waals surface area contributed by atoms with Gasteiger partial charge in [0.2, 0.25) is 0 Å². The average Bonchev–Trinajstić information content (AvgIpc) is 1.84. The molecular formula is C6H14S3. The van der Waals surface area contributed by atoms with Crippen molar-refractivity contribution < 1.29 is 0 Å². The van der Waals surface area contributed by atoms with E-state index in [0.717, 1.165) is 6.42 Å². The summed E-state index contributed by atoms with van der Waals surface area (Å²) in [7, 11) is 0. The van der Waals surface area contributed by atoms with Crippen LogP contribution < -0.4 is 0 Å². The van der Waals surface area contributed by atoms with Crippen molar-refractivity contribution >= 4 is 37.9 Å². The largest absolute Gasteiger partial charge is 0.175 e. The monoisotopic (exact) mass is 182 g/mol. The van der Waals surface area contributed by atoms with Crippen molar-refractivity contribution in [3.05, 3.63) is 0 Å². The van der Waals surface area contributed by atoms with Gasteiger partial charge in [0.1, 0.15) is 0 Å². The smallest absolute Gasteiger partial charge is 0.0247 e. The highest BCUT2D eigenvalue weighted by Crippen LogP contribution is 2.18. The lowest BCUT2D eigenvalue weighted by Crippen LogP contribution is -2.22. The Morgan fingerprint density at radius 1 is 1.22 bits per heavy atom. The molecule has 0 heterocycles. The van der Waals surface area contributed by atoms with Gasteiger partial charge in [-0.2, -0.15) is 37.9 Å². The van der Waals surface area contributed by atoms with Crippen molar-refractivity contribution in [3.8, 4) is 0 Å². The first kappa shape index (κ1) is 10.0. The number of hydrogen-bond acceptors (Lipinski definition) is 3. The van der Waals surface area contributed by atoms with Crippen molar-refractivity contribution in [2.75, 3.05) is 0 Å². The predicted molar refractivity (Wildman–Crippen MR) is 54.3 cm³/mol. The van der Waals surface area contributed by atoms with Crippen LogP contribution in [0.2, 0.25) is 0 Å². The van der Waals surface area contributed by atoms with Crippen LogP contribution in [0.5, 0.6) is 0 Å². The van der Waals surface area contributed by atoms with Gasteiger partial charge < -0.3 is 0 Å². The van der Waals surface area contributed by atoms with Crippen molar-refractivity contribution in [2.24, 2.45) is 0 Å². The van der Waals surface area contributed by atoms with E-state index in [4.69, 9.17) is 0 Å². The maximum Gasteiger partial charge on any atom is 0.0247 e. The molecule has 0 nitrogen and oxygen atoms in total. The van der Waals surface area contributed by atoms with Crippen LogP contribution in [0.3, 0.4) is 0 Å². The lowest BCUT2D eigenvalue weighted by Gasteiger charge is -2.19. The summed E-state index contributed by atoms with van der Waals surface area (Å²) in [6, 6.07) is 0. The second-order valence-corrected chi connectivity index (χ2v) is 4.28. The summed E-state index contributed by atoms with van der Waals surface area (Å²) >= 11 is 12.9. The first-order valence-electron chi connectivity index (χ1n) is 3.13. The molecule has 0 radical (unpaired) electrons. The summed E-state index contributed by atoms with van der Waals surface area (Å²) in [6.45, 7) is 4.15. The molecule has 0 saturated carbocycles. The minimum atomic E-state index is 0.307. The zero-order valence-corrected chi connectivity index (χ0v) is 8.46. The molecule has 0 spiro atoms. The molecule has 0 amide bonds. The highest BCUT2D eigenvalue weighted by molar-refractivity contribution is 7.87. The third kappa shape index (κ3) is 3.68. The average molecular weight is 182 g/mol. The van der Waals surface area contributed by atoms with Gasteiger partial charge in [0.05, 0.1) is 0 Å². The van der Waals surface area contributed by atoms with Crippen molar-refractivity contribution in [1.29, 1.82) is 0 Å². The Kier molecular flexibility index (Phi) is 5.36. The topological polar surface area (TPSA) is 0 Å². The van der Waals surface area contributed by atoms with Crippen LogP contribution in [0.1, 0.15) is 20.3 Å². The van der Waals surface area contributed by atoms with Gasteiger partial charge >= 0.3 is 0 Å². The molecule has 0 aliphatic rings. The van der Waals surface area contributed by atoms with Crippen molar-refractivity contribution in [1.82, 2.24) is 0 Å². The van der Waals surface area contributed by atoms with E-state index in [1.165, 1.54) is 0 Å². The van der Waals surface area contributed by atoms with Gasteiger partial charge in [-0.25, -0.2) is 0 Å². The Hall–Kier alpha value is 1.05. The SMILES string of the molecule is CC[C@@H](S)[C@@H](S)[C@H](C)S. The highest BCUT2D eigenvalue weighted by atomic mass is 32.1. The van der Waals surface area contributed by atoms with Gasteiger partial charge in [0, 0.05) is 15.7 Å². The second kappa shape index (κ2) is 4.80. The molecule has 3 heteroatoms. The molecule has 0 aliphatic heterocycles. The molecule has 0 aromatic carbocycles. The third-order valence-electron chi connectivity index (χ3n) is 1.31. The maximum absolute atomic E-state index is 4.35. The van der Waals surface area contributed by atoms with Gasteiger partial charge in [-0.1, -0.05) is 13.8 Å². The summed E-state index contributed by atoms with van der Waals surface area (Å²) in [5, 5.41) is 1.01. The lowest BCUT2D eigenvalue weighted by molar-refractivity contribution is 0.759. The van der Waals surface area contributed by atoms with Crippen molar-refractivity contribution in [3.63, 3.8) is 0 Å². The van der Waals surface area contributed by atoms with Crippen LogP contribution in [0, 0.1) is 0 Å². The number of rotatable bonds is 3. The molecule has 0 aromatic rings. The van der Waals surface area contributed by atoms with Crippen LogP contribution in [0.15, 0.2) is 0 Å². The van der Waals surface area contributed by atoms with Gasteiger partial charge in [-0.3, -0.25) is 0 Å². The summed E-state index contributed by atoms with van der Waals surface area (Å²) in [6.07, 6.45) is 1.06. The van der Waals surface area contributed by atoms with E-state index >= 15 is 0 Å². The summed E-state index contributed by atoms with van der Waals surface area (Å²) in [4.78, 5) is 0. The molecule has 56 valence electrons. The first-order chi connectivity index (χ1) is 4.09. The van der Waals surface area contributed by atoms with Gasteiger partial charge in [0.15, 0.2) is 0 Å². The molecule has 0 bridgehead atoms. The number of hydrogen-bond donors (Lipinski definition) is 3. The van der Waals surface area contributed by atoms with E-state index in [-0.39, 0.29) is 0 Å². The second-order valence-electron chi connectivity index (χ2n) is 2.21. The summed E-state index contributed by atoms with van der Waals surface area (Å²) in [5.74, 6) is 0. The Labute approximate surface area is 74.0 Å². The van der Waals surface area contributed by atoms with Crippen LogP contribution >= 0.6 is 37.9 Å². The minimum Gasteiger partial charge on any atom is -0.175 e. The van der Waals surface area contributed by atoms with E-state index in [1.807, 2.05) is 6.92 Å². The Balaban J connectivity index is 3.58. The quantitative estimate of drug-likeness (QED) is 0.548. The molecular weight excluding hydrogens is 168 g/mol. The van der Waals surface area contributed by atoms with E-state index in [2.05, 4.69) is 44.8 Å². The molecule has 0 aliphatic carbocycles. The fourth-order valence-electron chi connectivity index (χ4n) is 0.563. The van der Waals surface area contributed by atoms with E-state index in [0.29, 0.717) is 15.7 Å². The van der Waals surface area contributed by atoms with E-state index < -0.39 is 0 Å². The van der Waals surface area contributed by atoms with E-state index in [1.54, 1.807) is 0 Å². The Bertz CT molecular complexity index is 72.7. The molecule has 0 aromatic heterocycles. The summed E-state index contributed by atoms with van der Waals surface area (Å²) in [5.41, 5.74) is 0. The molecule has 9 heavy (non-hydrogen) atoms. The van der Waals surface area contributed by atoms with Crippen LogP contribution in [0.4, 0.5) is 0 Å². The van der Waals surface area contributed by atoms with Gasteiger partial charge in [-0.05, 0) is 6.42 Å². The number of thiol groups is 3. The van der Waals surface area contributed by atoms with Crippen LogP contribution in [-0.2, 0) is 0 Å². The minimum absolute atomic E-state index is 0.307. The fourth-order valence-corrected chi connectivity index (χ4v) is 1.38. The standard InChI is InChI=1S/C6H14S3/c1-3-5(8)6(9)4(2)7/h4-9H,3H2,1-2H3/t4-,5+,6-/m0/s1. The first-order valence-corrected chi connectivity index (χ1v) is 4.68. The van der Waals surface area contributed by atoms with E-state index in [9.17, 15) is 0 Å². The zero-order valence-electron chi connectivity index (χ0n) is 5.78. The fraction of sp³-hybridized carbons (Fsp3) is 1.00.